The van der Waals surface area contributed by atoms with E-state index < -0.39 is 17.0 Å². The highest BCUT2D eigenvalue weighted by Crippen LogP contribution is 2.42. The summed E-state index contributed by atoms with van der Waals surface area (Å²) in [6.45, 7) is 3.88. The molecule has 1 aromatic carbocycles. The van der Waals surface area contributed by atoms with Crippen molar-refractivity contribution in [1.29, 1.82) is 0 Å². The van der Waals surface area contributed by atoms with Crippen LogP contribution >= 0.6 is 11.6 Å². The zero-order chi connectivity index (χ0) is 23.5. The Morgan fingerprint density at radius 2 is 2.03 bits per heavy atom. The van der Waals surface area contributed by atoms with Crippen LogP contribution in [0.2, 0.25) is 0 Å². The Balaban J connectivity index is 1.80. The Bertz CT molecular complexity index is 1410. The molecule has 0 fully saturated rings. The summed E-state index contributed by atoms with van der Waals surface area (Å²) in [5.74, 6) is -0.0183. The second-order valence-corrected chi connectivity index (χ2v) is 8.37. The van der Waals surface area contributed by atoms with Crippen LogP contribution in [0.15, 0.2) is 29.1 Å². The summed E-state index contributed by atoms with van der Waals surface area (Å²) in [6, 6.07) is 7.39. The number of benzene rings is 1. The lowest BCUT2D eigenvalue weighted by molar-refractivity contribution is -0.171. The molecule has 5 rings (SSSR count). The van der Waals surface area contributed by atoms with Crippen LogP contribution in [-0.4, -0.2) is 28.1 Å². The minimum absolute atomic E-state index is 0.0677. The van der Waals surface area contributed by atoms with Gasteiger partial charge in [-0.05, 0) is 42.7 Å². The number of aryl methyl sites for hydroxylation is 1. The van der Waals surface area contributed by atoms with Gasteiger partial charge in [0.05, 0.1) is 36.1 Å². The van der Waals surface area contributed by atoms with Crippen molar-refractivity contribution in [2.45, 2.75) is 45.4 Å². The van der Waals surface area contributed by atoms with E-state index in [9.17, 15) is 14.4 Å². The number of nitrogens with zero attached hydrogens (tertiary/aromatic N) is 2. The molecular weight excluding hydrogens is 448 g/mol. The molecule has 3 aromatic rings. The van der Waals surface area contributed by atoms with Gasteiger partial charge in [0, 0.05) is 28.1 Å². The molecule has 2 aliphatic rings. The van der Waals surface area contributed by atoms with Gasteiger partial charge in [-0.3, -0.25) is 4.79 Å². The first kappa shape index (κ1) is 21.5. The summed E-state index contributed by atoms with van der Waals surface area (Å²) in [7, 11) is 1.62. The Morgan fingerprint density at radius 3 is 2.70 bits per heavy atom. The van der Waals surface area contributed by atoms with Crippen molar-refractivity contribution in [2.75, 3.05) is 7.11 Å². The molecular formula is C24H21ClN2O6. The first-order chi connectivity index (χ1) is 15.8. The molecule has 0 saturated heterocycles. The van der Waals surface area contributed by atoms with Gasteiger partial charge in [0.1, 0.15) is 12.4 Å². The van der Waals surface area contributed by atoms with Gasteiger partial charge in [-0.2, -0.15) is 0 Å². The summed E-state index contributed by atoms with van der Waals surface area (Å²) in [5, 5.41) is 0.971. The molecule has 2 aliphatic heterocycles. The zero-order valence-electron chi connectivity index (χ0n) is 18.4. The third-order valence-electron chi connectivity index (χ3n) is 6.59. The second kappa shape index (κ2) is 7.59. The number of aromatic nitrogens is 2. The SMILES string of the molecule is CCc1c2c(nc3ccc(OC)cc13)-c1cc3c(c(=O)n1C2)COC(=O)C3(CC)OC(=O)Cl. The Labute approximate surface area is 194 Å². The van der Waals surface area contributed by atoms with Gasteiger partial charge in [0.2, 0.25) is 5.60 Å². The van der Waals surface area contributed by atoms with Crippen LogP contribution in [0.25, 0.3) is 22.3 Å². The lowest BCUT2D eigenvalue weighted by Crippen LogP contribution is -2.46. The van der Waals surface area contributed by atoms with Gasteiger partial charge in [0.25, 0.3) is 5.56 Å². The first-order valence-corrected chi connectivity index (χ1v) is 11.0. The number of halogens is 1. The zero-order valence-corrected chi connectivity index (χ0v) is 19.1. The van der Waals surface area contributed by atoms with E-state index in [2.05, 4.69) is 6.92 Å². The number of rotatable bonds is 4. The molecule has 0 amide bonds. The highest BCUT2D eigenvalue weighted by molar-refractivity contribution is 6.61. The van der Waals surface area contributed by atoms with Crippen molar-refractivity contribution in [3.05, 3.63) is 56.9 Å². The predicted molar refractivity (Wildman–Crippen MR) is 121 cm³/mol. The maximum atomic E-state index is 13.5. The van der Waals surface area contributed by atoms with Gasteiger partial charge in [0.15, 0.2) is 0 Å². The van der Waals surface area contributed by atoms with Crippen LogP contribution in [0.1, 0.15) is 42.5 Å². The fourth-order valence-electron chi connectivity index (χ4n) is 4.97. The molecule has 0 aliphatic carbocycles. The van der Waals surface area contributed by atoms with Crippen LogP contribution in [0.5, 0.6) is 5.75 Å². The quantitative estimate of drug-likeness (QED) is 0.329. The number of ether oxygens (including phenoxy) is 3. The average Bonchev–Trinajstić information content (AvgIpc) is 3.17. The summed E-state index contributed by atoms with van der Waals surface area (Å²) >= 11 is 5.50. The number of hydrogen-bond acceptors (Lipinski definition) is 7. The number of cyclic esters (lactones) is 1. The van der Waals surface area contributed by atoms with E-state index in [0.29, 0.717) is 23.5 Å². The van der Waals surface area contributed by atoms with E-state index in [1.54, 1.807) is 24.7 Å². The van der Waals surface area contributed by atoms with E-state index in [1.807, 2.05) is 18.2 Å². The van der Waals surface area contributed by atoms with Crippen LogP contribution in [-0.2, 0) is 39.4 Å². The van der Waals surface area contributed by atoms with Gasteiger partial charge in [-0.1, -0.05) is 13.8 Å². The van der Waals surface area contributed by atoms with Gasteiger partial charge in [-0.15, -0.1) is 0 Å². The minimum atomic E-state index is -1.78. The highest BCUT2D eigenvalue weighted by atomic mass is 35.5. The number of fused-ring (bicyclic) bond motifs is 5. The summed E-state index contributed by atoms with van der Waals surface area (Å²) in [5.41, 5.74) is 1.39. The molecule has 0 bridgehead atoms. The molecule has 0 saturated carbocycles. The van der Waals surface area contributed by atoms with E-state index in [0.717, 1.165) is 34.2 Å². The van der Waals surface area contributed by atoms with Crippen LogP contribution in [0.3, 0.4) is 0 Å². The van der Waals surface area contributed by atoms with E-state index in [4.69, 9.17) is 30.8 Å². The molecule has 9 heteroatoms. The van der Waals surface area contributed by atoms with E-state index in [1.165, 1.54) is 0 Å². The molecule has 0 N–H and O–H groups in total. The number of esters is 1. The summed E-state index contributed by atoms with van der Waals surface area (Å²) in [6.07, 6.45) is 0.805. The monoisotopic (exact) mass is 468 g/mol. The fourth-order valence-corrected chi connectivity index (χ4v) is 5.10. The number of carbonyl (C=O) groups is 2. The van der Waals surface area contributed by atoms with Crippen molar-refractivity contribution < 1.29 is 23.8 Å². The normalized spacial score (nSPS) is 18.4. The summed E-state index contributed by atoms with van der Waals surface area (Å²) in [4.78, 5) is 42.8. The average molecular weight is 469 g/mol. The summed E-state index contributed by atoms with van der Waals surface area (Å²) < 4.78 is 17.5. The van der Waals surface area contributed by atoms with Crippen LogP contribution in [0, 0.1) is 0 Å². The van der Waals surface area contributed by atoms with Gasteiger partial charge < -0.3 is 18.8 Å². The predicted octanol–water partition coefficient (Wildman–Crippen LogP) is 4.03. The molecule has 1 atom stereocenters. The number of hydrogen-bond donors (Lipinski definition) is 0. The number of carbonyl (C=O) groups excluding carboxylic acids is 2. The second-order valence-electron chi connectivity index (χ2n) is 8.06. The van der Waals surface area contributed by atoms with Crippen molar-refractivity contribution in [2.24, 2.45) is 0 Å². The lowest BCUT2D eigenvalue weighted by atomic mass is 9.85. The largest absolute Gasteiger partial charge is 0.497 e. The van der Waals surface area contributed by atoms with E-state index >= 15 is 0 Å². The van der Waals surface area contributed by atoms with Crippen LogP contribution < -0.4 is 10.3 Å². The molecule has 1 unspecified atom stereocenters. The topological polar surface area (TPSA) is 96.7 Å². The molecule has 170 valence electrons. The molecule has 0 spiro atoms. The minimum Gasteiger partial charge on any atom is -0.497 e. The Morgan fingerprint density at radius 1 is 1.24 bits per heavy atom. The lowest BCUT2D eigenvalue weighted by Gasteiger charge is -2.34. The standard InChI is InChI=1S/C24H21ClN2O6/c1-4-13-14-8-12(31-3)6-7-18(14)26-20-15(13)10-27-19(20)9-17-16(21(27)28)11-32-22(29)24(17,5-2)33-23(25)30/h6-9H,4-5,10-11H2,1-3H3. The molecule has 0 radical (unpaired) electrons. The van der Waals surface area contributed by atoms with Crippen molar-refractivity contribution in [3.8, 4) is 17.1 Å². The van der Waals surface area contributed by atoms with Gasteiger partial charge >= 0.3 is 11.4 Å². The third kappa shape index (κ3) is 2.97. The Kier molecular flexibility index (Phi) is 4.93. The maximum Gasteiger partial charge on any atom is 0.405 e. The highest BCUT2D eigenvalue weighted by Gasteiger charge is 2.50. The van der Waals surface area contributed by atoms with E-state index in [-0.39, 0.29) is 24.2 Å². The molecule has 8 nitrogen and oxygen atoms in total. The van der Waals surface area contributed by atoms with Crippen molar-refractivity contribution in [3.63, 3.8) is 0 Å². The van der Waals surface area contributed by atoms with Gasteiger partial charge in [-0.25, -0.2) is 14.6 Å². The Hall–Kier alpha value is -3.39. The molecule has 4 heterocycles. The number of methoxy groups -OCH3 is 1. The molecule has 33 heavy (non-hydrogen) atoms. The first-order valence-electron chi connectivity index (χ1n) is 10.7. The smallest absolute Gasteiger partial charge is 0.405 e. The van der Waals surface area contributed by atoms with Crippen molar-refractivity contribution >= 4 is 33.9 Å². The number of pyridine rings is 2. The fraction of sp³-hybridized carbons (Fsp3) is 0.333. The van der Waals surface area contributed by atoms with Crippen LogP contribution in [0.4, 0.5) is 4.79 Å². The maximum absolute atomic E-state index is 13.5. The third-order valence-corrected chi connectivity index (χ3v) is 6.67. The van der Waals surface area contributed by atoms with Crippen molar-refractivity contribution in [1.82, 2.24) is 9.55 Å². The molecule has 2 aromatic heterocycles.